The van der Waals surface area contributed by atoms with Crippen molar-refractivity contribution in [3.63, 3.8) is 0 Å². The molecule has 0 N–H and O–H groups in total. The number of rotatable bonds is 4. The molecule has 24 heavy (non-hydrogen) atoms. The summed E-state index contributed by atoms with van der Waals surface area (Å²) >= 11 is 0. The molecule has 4 rings (SSSR count). The van der Waals surface area contributed by atoms with Gasteiger partial charge in [-0.25, -0.2) is 4.39 Å². The number of hydrogen-bond acceptors (Lipinski definition) is 3. The van der Waals surface area contributed by atoms with E-state index in [1.165, 1.54) is 25.0 Å². The van der Waals surface area contributed by atoms with Crippen LogP contribution in [0, 0.1) is 17.7 Å². The minimum absolute atomic E-state index is 0.0488. The number of piperidine rings is 1. The largest absolute Gasteiger partial charge is 0.381 e. The summed E-state index contributed by atoms with van der Waals surface area (Å²) in [5.41, 5.74) is 0.449. The number of ether oxygens (including phenoxy) is 1. The van der Waals surface area contributed by atoms with E-state index in [9.17, 15) is 9.18 Å². The lowest BCUT2D eigenvalue weighted by Crippen LogP contribution is -2.53. The Labute approximate surface area is 142 Å². The molecule has 0 unspecified atom stereocenters. The highest BCUT2D eigenvalue weighted by Gasteiger charge is 2.46. The lowest BCUT2D eigenvalue weighted by atomic mass is 9.88. The maximum absolute atomic E-state index is 13.5. The van der Waals surface area contributed by atoms with Gasteiger partial charge in [0.2, 0.25) is 0 Å². The van der Waals surface area contributed by atoms with Crippen molar-refractivity contribution < 1.29 is 13.9 Å². The Bertz CT molecular complexity index is 619. The van der Waals surface area contributed by atoms with E-state index >= 15 is 0 Å². The number of fused-ring (bicyclic) bond motifs is 1. The highest BCUT2D eigenvalue weighted by Crippen LogP contribution is 2.36. The second-order valence-electron chi connectivity index (χ2n) is 7.46. The Kier molecular flexibility index (Phi) is 4.31. The van der Waals surface area contributed by atoms with Crippen LogP contribution in [0.4, 0.5) is 4.39 Å². The molecule has 0 spiro atoms. The number of methoxy groups -OCH3 is 1. The van der Waals surface area contributed by atoms with Crippen LogP contribution in [-0.4, -0.2) is 61.1 Å². The van der Waals surface area contributed by atoms with Gasteiger partial charge in [0.25, 0.3) is 5.91 Å². The van der Waals surface area contributed by atoms with Gasteiger partial charge in [0.15, 0.2) is 0 Å². The number of carbonyl (C=O) groups is 1. The summed E-state index contributed by atoms with van der Waals surface area (Å²) in [7, 11) is 1.77. The fourth-order valence-corrected chi connectivity index (χ4v) is 4.38. The predicted octanol–water partition coefficient (Wildman–Crippen LogP) is 2.40. The molecular formula is C19H25FN2O2. The zero-order valence-electron chi connectivity index (χ0n) is 14.2. The Balaban J connectivity index is 1.53. The Morgan fingerprint density at radius 2 is 2.12 bits per heavy atom. The molecule has 130 valence electrons. The van der Waals surface area contributed by atoms with Gasteiger partial charge in [0.05, 0.1) is 12.1 Å². The number of benzene rings is 1. The fourth-order valence-electron chi connectivity index (χ4n) is 4.38. The van der Waals surface area contributed by atoms with Crippen LogP contribution in [0.25, 0.3) is 0 Å². The number of halogens is 1. The Hall–Kier alpha value is -1.46. The quantitative estimate of drug-likeness (QED) is 0.849. The van der Waals surface area contributed by atoms with Gasteiger partial charge in [-0.2, -0.15) is 0 Å². The van der Waals surface area contributed by atoms with Crippen molar-refractivity contribution in [2.75, 3.05) is 33.3 Å². The van der Waals surface area contributed by atoms with Crippen molar-refractivity contribution in [2.24, 2.45) is 11.8 Å². The van der Waals surface area contributed by atoms with Crippen LogP contribution in [0.3, 0.4) is 0 Å². The topological polar surface area (TPSA) is 32.8 Å². The van der Waals surface area contributed by atoms with Gasteiger partial charge >= 0.3 is 0 Å². The first-order valence-electron chi connectivity index (χ1n) is 8.97. The summed E-state index contributed by atoms with van der Waals surface area (Å²) in [5.74, 6) is 0.803. The third kappa shape index (κ3) is 3.07. The molecule has 5 heteroatoms. The van der Waals surface area contributed by atoms with Crippen LogP contribution in [0.2, 0.25) is 0 Å². The first-order valence-corrected chi connectivity index (χ1v) is 8.97. The van der Waals surface area contributed by atoms with Gasteiger partial charge in [-0.15, -0.1) is 0 Å². The molecule has 0 radical (unpaired) electrons. The van der Waals surface area contributed by atoms with E-state index in [1.54, 1.807) is 19.2 Å². The van der Waals surface area contributed by atoms with Gasteiger partial charge < -0.3 is 14.5 Å². The number of carbonyl (C=O) groups excluding carboxylic acids is 1. The SMILES string of the molecule is CO[C@@H]1CCN(C(=O)c2cccc(F)c2)[C@@H]2CN(CC3CC3)C[C@@H]21. The molecule has 1 amide bonds. The number of amides is 1. The van der Waals surface area contributed by atoms with Crippen LogP contribution in [0.5, 0.6) is 0 Å². The van der Waals surface area contributed by atoms with Crippen molar-refractivity contribution in [1.82, 2.24) is 9.80 Å². The van der Waals surface area contributed by atoms with E-state index in [0.29, 0.717) is 18.0 Å². The average molecular weight is 332 g/mol. The fraction of sp³-hybridized carbons (Fsp3) is 0.632. The van der Waals surface area contributed by atoms with Crippen LogP contribution in [0.15, 0.2) is 24.3 Å². The zero-order chi connectivity index (χ0) is 16.7. The third-order valence-corrected chi connectivity index (χ3v) is 5.79. The summed E-state index contributed by atoms with van der Waals surface area (Å²) in [6.45, 7) is 3.76. The van der Waals surface area contributed by atoms with Gasteiger partial charge in [-0.1, -0.05) is 6.07 Å². The molecule has 0 aromatic heterocycles. The van der Waals surface area contributed by atoms with E-state index in [1.807, 2.05) is 4.90 Å². The Morgan fingerprint density at radius 1 is 1.29 bits per heavy atom. The normalized spacial score (nSPS) is 30.4. The first kappa shape index (κ1) is 16.0. The van der Waals surface area contributed by atoms with Crippen LogP contribution < -0.4 is 0 Å². The number of nitrogens with zero attached hydrogens (tertiary/aromatic N) is 2. The van der Waals surface area contributed by atoms with Crippen molar-refractivity contribution in [3.05, 3.63) is 35.6 Å². The molecule has 1 aromatic rings. The van der Waals surface area contributed by atoms with E-state index in [2.05, 4.69) is 4.90 Å². The number of likely N-dealkylation sites (tertiary alicyclic amines) is 2. The van der Waals surface area contributed by atoms with Crippen LogP contribution in [0.1, 0.15) is 29.6 Å². The molecule has 3 atom stereocenters. The molecule has 0 bridgehead atoms. The lowest BCUT2D eigenvalue weighted by molar-refractivity contribution is -0.0156. The molecular weight excluding hydrogens is 307 g/mol. The summed E-state index contributed by atoms with van der Waals surface area (Å²) in [5, 5.41) is 0. The minimum Gasteiger partial charge on any atom is -0.381 e. The number of hydrogen-bond donors (Lipinski definition) is 0. The smallest absolute Gasteiger partial charge is 0.254 e. The maximum Gasteiger partial charge on any atom is 0.254 e. The van der Waals surface area contributed by atoms with Crippen molar-refractivity contribution >= 4 is 5.91 Å². The summed E-state index contributed by atoms with van der Waals surface area (Å²) in [6.07, 6.45) is 3.75. The molecule has 3 fully saturated rings. The summed E-state index contributed by atoms with van der Waals surface area (Å²) in [4.78, 5) is 17.4. The zero-order valence-corrected chi connectivity index (χ0v) is 14.2. The van der Waals surface area contributed by atoms with E-state index in [4.69, 9.17) is 4.74 Å². The molecule has 1 saturated carbocycles. The third-order valence-electron chi connectivity index (χ3n) is 5.79. The van der Waals surface area contributed by atoms with Crippen molar-refractivity contribution in [2.45, 2.75) is 31.4 Å². The average Bonchev–Trinajstić information content (AvgIpc) is 3.29. The standard InChI is InChI=1S/C19H25FN2O2/c1-24-18-7-8-22(19(23)14-3-2-4-15(20)9-14)17-12-21(11-16(17)18)10-13-5-6-13/h2-4,9,13,16-18H,5-8,10-12H2,1H3/t16-,17+,18+/m0/s1. The highest BCUT2D eigenvalue weighted by molar-refractivity contribution is 5.94. The van der Waals surface area contributed by atoms with Gasteiger partial charge in [0.1, 0.15) is 5.82 Å². The Morgan fingerprint density at radius 3 is 2.83 bits per heavy atom. The maximum atomic E-state index is 13.5. The van der Waals surface area contributed by atoms with Crippen LogP contribution in [-0.2, 0) is 4.74 Å². The molecule has 1 aliphatic carbocycles. The monoisotopic (exact) mass is 332 g/mol. The van der Waals surface area contributed by atoms with Crippen molar-refractivity contribution in [3.8, 4) is 0 Å². The molecule has 2 saturated heterocycles. The molecule has 2 heterocycles. The van der Waals surface area contributed by atoms with Crippen LogP contribution >= 0.6 is 0 Å². The summed E-state index contributed by atoms with van der Waals surface area (Å²) < 4.78 is 19.2. The second kappa shape index (κ2) is 6.45. The van der Waals surface area contributed by atoms with Gasteiger partial charge in [-0.3, -0.25) is 4.79 Å². The second-order valence-corrected chi connectivity index (χ2v) is 7.46. The molecule has 3 aliphatic rings. The minimum atomic E-state index is -0.356. The molecule has 4 nitrogen and oxygen atoms in total. The van der Waals surface area contributed by atoms with E-state index in [0.717, 1.165) is 32.0 Å². The van der Waals surface area contributed by atoms with E-state index < -0.39 is 0 Å². The molecule has 1 aromatic carbocycles. The lowest BCUT2D eigenvalue weighted by Gasteiger charge is -2.41. The molecule has 2 aliphatic heterocycles. The van der Waals surface area contributed by atoms with Crippen molar-refractivity contribution in [1.29, 1.82) is 0 Å². The van der Waals surface area contributed by atoms with Gasteiger partial charge in [0, 0.05) is 44.8 Å². The van der Waals surface area contributed by atoms with Gasteiger partial charge in [-0.05, 0) is 43.4 Å². The summed E-state index contributed by atoms with van der Waals surface area (Å²) in [6, 6.07) is 6.22. The van der Waals surface area contributed by atoms with E-state index in [-0.39, 0.29) is 23.9 Å². The predicted molar refractivity (Wildman–Crippen MR) is 89.3 cm³/mol. The first-order chi connectivity index (χ1) is 11.7. The highest BCUT2D eigenvalue weighted by atomic mass is 19.1.